The molecule has 0 aliphatic rings. The second kappa shape index (κ2) is 2.77. The molecule has 0 unspecified atom stereocenters. The van der Waals surface area contributed by atoms with Crippen LogP contribution < -0.4 is 0 Å². The standard InChI is InChI=1S/C10H9F2NO/c1-6-13-8-5-7(10(2,11)12)3-4-9(8)14-6/h3-5H,1-2H3. The molecule has 0 saturated heterocycles. The number of benzene rings is 1. The monoisotopic (exact) mass is 197 g/mol. The van der Waals surface area contributed by atoms with Crippen LogP contribution in [0.2, 0.25) is 0 Å². The molecule has 1 heterocycles. The van der Waals surface area contributed by atoms with Crippen LogP contribution in [0.3, 0.4) is 0 Å². The predicted octanol–water partition coefficient (Wildman–Crippen LogP) is 3.25. The highest BCUT2D eigenvalue weighted by molar-refractivity contribution is 5.73. The van der Waals surface area contributed by atoms with Gasteiger partial charge in [-0.15, -0.1) is 0 Å². The lowest BCUT2D eigenvalue weighted by atomic mass is 10.1. The fraction of sp³-hybridized carbons (Fsp3) is 0.300. The molecule has 1 aromatic carbocycles. The van der Waals surface area contributed by atoms with Crippen molar-refractivity contribution in [2.45, 2.75) is 19.8 Å². The molecular weight excluding hydrogens is 188 g/mol. The number of aryl methyl sites for hydroxylation is 1. The Hall–Kier alpha value is -1.45. The van der Waals surface area contributed by atoms with E-state index in [0.717, 1.165) is 6.92 Å². The van der Waals surface area contributed by atoms with Gasteiger partial charge >= 0.3 is 0 Å². The number of halogens is 2. The predicted molar refractivity (Wildman–Crippen MR) is 48.3 cm³/mol. The molecule has 0 bridgehead atoms. The summed E-state index contributed by atoms with van der Waals surface area (Å²) in [6.45, 7) is 2.55. The van der Waals surface area contributed by atoms with Gasteiger partial charge in [0.05, 0.1) is 0 Å². The van der Waals surface area contributed by atoms with Crippen molar-refractivity contribution in [1.29, 1.82) is 0 Å². The molecule has 1 aromatic heterocycles. The number of alkyl halides is 2. The molecule has 2 nitrogen and oxygen atoms in total. The molecule has 0 atom stereocenters. The van der Waals surface area contributed by atoms with Gasteiger partial charge in [-0.3, -0.25) is 0 Å². The van der Waals surface area contributed by atoms with Crippen molar-refractivity contribution >= 4 is 11.1 Å². The first kappa shape index (κ1) is 9.12. The van der Waals surface area contributed by atoms with E-state index in [9.17, 15) is 8.78 Å². The Kier molecular flexibility index (Phi) is 1.80. The van der Waals surface area contributed by atoms with Gasteiger partial charge < -0.3 is 4.42 Å². The maximum Gasteiger partial charge on any atom is 0.270 e. The van der Waals surface area contributed by atoms with Crippen LogP contribution in [0.5, 0.6) is 0 Å². The molecule has 2 rings (SSSR count). The third-order valence-corrected chi connectivity index (χ3v) is 2.00. The summed E-state index contributed by atoms with van der Waals surface area (Å²) in [5, 5.41) is 0. The van der Waals surface area contributed by atoms with Crippen molar-refractivity contribution in [3.8, 4) is 0 Å². The molecule has 14 heavy (non-hydrogen) atoms. The quantitative estimate of drug-likeness (QED) is 0.701. The van der Waals surface area contributed by atoms with E-state index < -0.39 is 5.92 Å². The van der Waals surface area contributed by atoms with Crippen molar-refractivity contribution in [1.82, 2.24) is 4.98 Å². The van der Waals surface area contributed by atoms with Crippen LogP contribution in [0.4, 0.5) is 8.78 Å². The highest BCUT2D eigenvalue weighted by Gasteiger charge is 2.24. The van der Waals surface area contributed by atoms with Gasteiger partial charge in [0.25, 0.3) is 5.92 Å². The largest absolute Gasteiger partial charge is 0.441 e. The first-order valence-corrected chi connectivity index (χ1v) is 4.22. The lowest BCUT2D eigenvalue weighted by Crippen LogP contribution is -2.06. The first-order valence-electron chi connectivity index (χ1n) is 4.22. The van der Waals surface area contributed by atoms with Gasteiger partial charge in [0, 0.05) is 19.4 Å². The Morgan fingerprint density at radius 1 is 1.36 bits per heavy atom. The van der Waals surface area contributed by atoms with Gasteiger partial charge in [-0.1, -0.05) is 0 Å². The Labute approximate surface area is 79.6 Å². The van der Waals surface area contributed by atoms with Crippen molar-refractivity contribution in [3.63, 3.8) is 0 Å². The van der Waals surface area contributed by atoms with Crippen molar-refractivity contribution < 1.29 is 13.2 Å². The smallest absolute Gasteiger partial charge is 0.270 e. The Bertz CT molecular complexity index is 470. The van der Waals surface area contributed by atoms with Crippen LogP contribution in [0, 0.1) is 6.92 Å². The maximum absolute atomic E-state index is 12.9. The van der Waals surface area contributed by atoms with Crippen molar-refractivity contribution in [2.24, 2.45) is 0 Å². The van der Waals surface area contributed by atoms with E-state index in [1.54, 1.807) is 6.92 Å². The molecule has 2 aromatic rings. The molecule has 0 spiro atoms. The summed E-state index contributed by atoms with van der Waals surface area (Å²) >= 11 is 0. The summed E-state index contributed by atoms with van der Waals surface area (Å²) in [5.41, 5.74) is 0.968. The van der Waals surface area contributed by atoms with Crippen LogP contribution in [-0.2, 0) is 5.92 Å². The SMILES string of the molecule is Cc1nc2cc(C(C)(F)F)ccc2o1. The van der Waals surface area contributed by atoms with Gasteiger partial charge in [-0.25, -0.2) is 13.8 Å². The number of fused-ring (bicyclic) bond motifs is 1. The summed E-state index contributed by atoms with van der Waals surface area (Å²) < 4.78 is 31.0. The van der Waals surface area contributed by atoms with Gasteiger partial charge in [-0.05, 0) is 18.2 Å². The summed E-state index contributed by atoms with van der Waals surface area (Å²) in [4.78, 5) is 3.99. The average Bonchev–Trinajstić information content (AvgIpc) is 2.41. The minimum Gasteiger partial charge on any atom is -0.441 e. The highest BCUT2D eigenvalue weighted by atomic mass is 19.3. The lowest BCUT2D eigenvalue weighted by molar-refractivity contribution is 0.0176. The number of oxazole rings is 1. The van der Waals surface area contributed by atoms with Crippen molar-refractivity contribution in [3.05, 3.63) is 29.7 Å². The fourth-order valence-corrected chi connectivity index (χ4v) is 1.32. The summed E-state index contributed by atoms with van der Waals surface area (Å²) in [6.07, 6.45) is 0. The normalized spacial score (nSPS) is 12.3. The summed E-state index contributed by atoms with van der Waals surface area (Å²) in [7, 11) is 0. The number of rotatable bonds is 1. The first-order chi connectivity index (χ1) is 6.47. The van der Waals surface area contributed by atoms with E-state index in [2.05, 4.69) is 4.98 Å². The zero-order chi connectivity index (χ0) is 10.3. The topological polar surface area (TPSA) is 26.0 Å². The third-order valence-electron chi connectivity index (χ3n) is 2.00. The second-order valence-corrected chi connectivity index (χ2v) is 3.30. The van der Waals surface area contributed by atoms with Crippen LogP contribution in [0.15, 0.2) is 22.6 Å². The van der Waals surface area contributed by atoms with Crippen LogP contribution in [0.1, 0.15) is 18.4 Å². The average molecular weight is 197 g/mol. The number of hydrogen-bond donors (Lipinski definition) is 0. The van der Waals surface area contributed by atoms with Gasteiger partial charge in [0.15, 0.2) is 11.5 Å². The summed E-state index contributed by atoms with van der Waals surface area (Å²) in [6, 6.07) is 4.22. The Morgan fingerprint density at radius 3 is 2.71 bits per heavy atom. The third kappa shape index (κ3) is 1.47. The fourth-order valence-electron chi connectivity index (χ4n) is 1.32. The van der Waals surface area contributed by atoms with E-state index >= 15 is 0 Å². The molecule has 0 aliphatic heterocycles. The second-order valence-electron chi connectivity index (χ2n) is 3.30. The maximum atomic E-state index is 12.9. The molecule has 0 amide bonds. The highest BCUT2D eigenvalue weighted by Crippen LogP contribution is 2.29. The minimum atomic E-state index is -2.83. The van der Waals surface area contributed by atoms with Gasteiger partial charge in [0.1, 0.15) is 5.52 Å². The van der Waals surface area contributed by atoms with Gasteiger partial charge in [-0.2, -0.15) is 0 Å². The number of nitrogens with zero attached hydrogens (tertiary/aromatic N) is 1. The number of aromatic nitrogens is 1. The summed E-state index contributed by atoms with van der Waals surface area (Å²) in [5.74, 6) is -2.35. The van der Waals surface area contributed by atoms with E-state index in [0.29, 0.717) is 17.0 Å². The molecule has 0 fully saturated rings. The number of hydrogen-bond acceptors (Lipinski definition) is 2. The van der Waals surface area contributed by atoms with E-state index in [1.807, 2.05) is 0 Å². The zero-order valence-electron chi connectivity index (χ0n) is 7.84. The van der Waals surface area contributed by atoms with Crippen LogP contribution in [-0.4, -0.2) is 4.98 Å². The minimum absolute atomic E-state index is 0.0432. The molecule has 0 saturated carbocycles. The molecule has 4 heteroatoms. The van der Waals surface area contributed by atoms with Crippen molar-refractivity contribution in [2.75, 3.05) is 0 Å². The molecule has 74 valence electrons. The zero-order valence-corrected chi connectivity index (χ0v) is 7.84. The molecule has 0 aliphatic carbocycles. The van der Waals surface area contributed by atoms with Gasteiger partial charge in [0.2, 0.25) is 0 Å². The van der Waals surface area contributed by atoms with Crippen LogP contribution >= 0.6 is 0 Å². The van der Waals surface area contributed by atoms with E-state index in [4.69, 9.17) is 4.42 Å². The van der Waals surface area contributed by atoms with Crippen LogP contribution in [0.25, 0.3) is 11.1 Å². The van der Waals surface area contributed by atoms with E-state index in [-0.39, 0.29) is 5.56 Å². The molecule has 0 radical (unpaired) electrons. The van der Waals surface area contributed by atoms with E-state index in [1.165, 1.54) is 18.2 Å². The molecule has 0 N–H and O–H groups in total. The molecular formula is C10H9F2NO. The Morgan fingerprint density at radius 2 is 2.07 bits per heavy atom. The lowest BCUT2D eigenvalue weighted by Gasteiger charge is -2.09. The Balaban J connectivity index is 2.62.